The van der Waals surface area contributed by atoms with E-state index in [2.05, 4.69) is 5.32 Å². The Kier molecular flexibility index (Phi) is 3.70. The number of carbonyl (C=O) groups is 3. The third-order valence-corrected chi connectivity index (χ3v) is 4.43. The highest BCUT2D eigenvalue weighted by molar-refractivity contribution is 6.05. The van der Waals surface area contributed by atoms with Crippen LogP contribution < -0.4 is 5.32 Å². The number of hydrogen-bond donors (Lipinski definition) is 2. The molecule has 1 aromatic carbocycles. The molecule has 4 atom stereocenters. The second kappa shape index (κ2) is 5.53. The van der Waals surface area contributed by atoms with Crippen LogP contribution in [0, 0.1) is 11.8 Å². The fourth-order valence-electron chi connectivity index (χ4n) is 3.44. The smallest absolute Gasteiger partial charge is 0.310 e. The molecule has 0 aromatic heterocycles. The topological polar surface area (TPSA) is 92.7 Å². The zero-order valence-electron chi connectivity index (χ0n) is 12.1. The van der Waals surface area contributed by atoms with E-state index < -0.39 is 23.7 Å². The van der Waals surface area contributed by atoms with Crippen LogP contribution in [0.4, 0.5) is 5.69 Å². The van der Waals surface area contributed by atoms with Gasteiger partial charge in [0, 0.05) is 5.56 Å². The third-order valence-electron chi connectivity index (χ3n) is 4.43. The SMILES string of the molecule is CC(=O)c1ccccc1NC(=O)[C@H]1[C@H](C(=O)O)[C@H]2CC[C@H]1O2. The Morgan fingerprint density at radius 1 is 1.14 bits per heavy atom. The number of ether oxygens (including phenoxy) is 1. The summed E-state index contributed by atoms with van der Waals surface area (Å²) < 4.78 is 5.59. The maximum absolute atomic E-state index is 12.5. The lowest BCUT2D eigenvalue weighted by molar-refractivity contribution is -0.147. The van der Waals surface area contributed by atoms with Gasteiger partial charge in [-0.3, -0.25) is 14.4 Å². The van der Waals surface area contributed by atoms with E-state index in [0.29, 0.717) is 24.1 Å². The van der Waals surface area contributed by atoms with Crippen molar-refractivity contribution in [1.82, 2.24) is 0 Å². The summed E-state index contributed by atoms with van der Waals surface area (Å²) in [6, 6.07) is 6.70. The molecule has 2 fully saturated rings. The first kappa shape index (κ1) is 14.7. The van der Waals surface area contributed by atoms with Crippen LogP contribution >= 0.6 is 0 Å². The van der Waals surface area contributed by atoms with E-state index in [4.69, 9.17) is 4.74 Å². The second-order valence-electron chi connectivity index (χ2n) is 5.77. The first-order chi connectivity index (χ1) is 10.5. The van der Waals surface area contributed by atoms with Crippen LogP contribution in [0.5, 0.6) is 0 Å². The van der Waals surface area contributed by atoms with Gasteiger partial charge in [-0.2, -0.15) is 0 Å². The summed E-state index contributed by atoms with van der Waals surface area (Å²) in [6.45, 7) is 1.42. The molecule has 6 heteroatoms. The van der Waals surface area contributed by atoms with Gasteiger partial charge in [-0.05, 0) is 31.9 Å². The van der Waals surface area contributed by atoms with Crippen LogP contribution in [-0.2, 0) is 14.3 Å². The molecule has 2 aliphatic rings. The van der Waals surface area contributed by atoms with E-state index in [0.717, 1.165) is 0 Å². The van der Waals surface area contributed by atoms with E-state index in [9.17, 15) is 19.5 Å². The third kappa shape index (κ3) is 2.39. The molecule has 2 N–H and O–H groups in total. The van der Waals surface area contributed by atoms with Crippen molar-refractivity contribution < 1.29 is 24.2 Å². The molecule has 2 heterocycles. The number of carboxylic acids is 1. The van der Waals surface area contributed by atoms with Crippen LogP contribution in [0.15, 0.2) is 24.3 Å². The minimum atomic E-state index is -1.01. The maximum Gasteiger partial charge on any atom is 0.310 e. The molecule has 0 aliphatic carbocycles. The van der Waals surface area contributed by atoms with Crippen molar-refractivity contribution in [3.8, 4) is 0 Å². The lowest BCUT2D eigenvalue weighted by Gasteiger charge is -2.24. The van der Waals surface area contributed by atoms with Crippen molar-refractivity contribution in [3.63, 3.8) is 0 Å². The number of para-hydroxylation sites is 1. The fraction of sp³-hybridized carbons (Fsp3) is 0.438. The number of rotatable bonds is 4. The van der Waals surface area contributed by atoms with Gasteiger partial charge in [-0.1, -0.05) is 12.1 Å². The summed E-state index contributed by atoms with van der Waals surface area (Å²) in [5.41, 5.74) is 0.818. The Balaban J connectivity index is 1.83. The summed E-state index contributed by atoms with van der Waals surface area (Å²) in [5, 5.41) is 12.0. The summed E-state index contributed by atoms with van der Waals surface area (Å²) in [7, 11) is 0. The van der Waals surface area contributed by atoms with Gasteiger partial charge in [0.2, 0.25) is 5.91 Å². The quantitative estimate of drug-likeness (QED) is 0.826. The number of carbonyl (C=O) groups excluding carboxylic acids is 2. The lowest BCUT2D eigenvalue weighted by Crippen LogP contribution is -2.41. The molecule has 1 aromatic rings. The average Bonchev–Trinajstić information content (AvgIpc) is 3.08. The van der Waals surface area contributed by atoms with Gasteiger partial charge in [0.25, 0.3) is 0 Å². The molecule has 0 radical (unpaired) electrons. The van der Waals surface area contributed by atoms with E-state index in [1.807, 2.05) is 0 Å². The van der Waals surface area contributed by atoms with Gasteiger partial charge in [-0.15, -0.1) is 0 Å². The highest BCUT2D eigenvalue weighted by atomic mass is 16.5. The number of nitrogens with one attached hydrogen (secondary N) is 1. The minimum Gasteiger partial charge on any atom is -0.481 e. The van der Waals surface area contributed by atoms with Gasteiger partial charge < -0.3 is 15.2 Å². The van der Waals surface area contributed by atoms with Crippen molar-refractivity contribution in [2.24, 2.45) is 11.8 Å². The van der Waals surface area contributed by atoms with Crippen LogP contribution in [0.25, 0.3) is 0 Å². The Hall–Kier alpha value is -2.21. The molecule has 6 nitrogen and oxygen atoms in total. The van der Waals surface area contributed by atoms with Crippen molar-refractivity contribution in [2.75, 3.05) is 5.32 Å². The summed E-state index contributed by atoms with van der Waals surface area (Å²) in [6.07, 6.45) is 0.632. The summed E-state index contributed by atoms with van der Waals surface area (Å²) >= 11 is 0. The van der Waals surface area contributed by atoms with E-state index >= 15 is 0 Å². The molecule has 0 unspecified atom stereocenters. The Labute approximate surface area is 127 Å². The van der Waals surface area contributed by atoms with Gasteiger partial charge >= 0.3 is 5.97 Å². The van der Waals surface area contributed by atoms with Crippen molar-refractivity contribution in [1.29, 1.82) is 0 Å². The highest BCUT2D eigenvalue weighted by Crippen LogP contribution is 2.44. The molecule has 2 bridgehead atoms. The number of hydrogen-bond acceptors (Lipinski definition) is 4. The number of amides is 1. The summed E-state index contributed by atoms with van der Waals surface area (Å²) in [4.78, 5) is 35.5. The lowest BCUT2D eigenvalue weighted by atomic mass is 9.78. The largest absolute Gasteiger partial charge is 0.481 e. The molecule has 3 rings (SSSR count). The van der Waals surface area contributed by atoms with Crippen LogP contribution in [0.3, 0.4) is 0 Å². The predicted octanol–water partition coefficient (Wildman–Crippen LogP) is 1.71. The van der Waals surface area contributed by atoms with E-state index in [1.54, 1.807) is 24.3 Å². The fourth-order valence-corrected chi connectivity index (χ4v) is 3.44. The highest BCUT2D eigenvalue weighted by Gasteiger charge is 2.55. The number of ketones is 1. The van der Waals surface area contributed by atoms with Gasteiger partial charge in [0.1, 0.15) is 0 Å². The molecular weight excluding hydrogens is 286 g/mol. The summed E-state index contributed by atoms with van der Waals surface area (Å²) in [5.74, 6) is -3.09. The zero-order chi connectivity index (χ0) is 15.9. The standard InChI is InChI=1S/C16H17NO5/c1-8(18)9-4-2-3-5-10(9)17-15(19)13-11-6-7-12(22-11)14(13)16(20)21/h2-5,11-14H,6-7H2,1H3,(H,17,19)(H,20,21)/t11-,12-,13-,14-/m1/s1. The Morgan fingerprint density at radius 2 is 1.77 bits per heavy atom. The molecule has 0 saturated carbocycles. The number of aliphatic carboxylic acids is 1. The predicted molar refractivity (Wildman–Crippen MR) is 77.6 cm³/mol. The van der Waals surface area contributed by atoms with E-state index in [1.165, 1.54) is 6.92 Å². The second-order valence-corrected chi connectivity index (χ2v) is 5.77. The van der Waals surface area contributed by atoms with Gasteiger partial charge in [0.05, 0.1) is 29.7 Å². The molecule has 116 valence electrons. The van der Waals surface area contributed by atoms with Crippen molar-refractivity contribution >= 4 is 23.3 Å². The van der Waals surface area contributed by atoms with Gasteiger partial charge in [-0.25, -0.2) is 0 Å². The average molecular weight is 303 g/mol. The zero-order valence-corrected chi connectivity index (χ0v) is 12.1. The molecular formula is C16H17NO5. The van der Waals surface area contributed by atoms with Crippen molar-refractivity contribution in [3.05, 3.63) is 29.8 Å². The van der Waals surface area contributed by atoms with Crippen LogP contribution in [-0.4, -0.2) is 35.0 Å². The molecule has 1 amide bonds. The first-order valence-electron chi connectivity index (χ1n) is 7.28. The van der Waals surface area contributed by atoms with Crippen molar-refractivity contribution in [2.45, 2.75) is 32.0 Å². The molecule has 22 heavy (non-hydrogen) atoms. The van der Waals surface area contributed by atoms with Gasteiger partial charge in [0.15, 0.2) is 5.78 Å². The number of carboxylic acid groups (broad SMARTS) is 1. The monoisotopic (exact) mass is 303 g/mol. The van der Waals surface area contributed by atoms with Crippen LogP contribution in [0.2, 0.25) is 0 Å². The Bertz CT molecular complexity index is 641. The Morgan fingerprint density at radius 3 is 2.41 bits per heavy atom. The molecule has 0 spiro atoms. The first-order valence-corrected chi connectivity index (χ1v) is 7.28. The number of fused-ring (bicyclic) bond motifs is 2. The number of benzene rings is 1. The number of anilines is 1. The molecule has 2 aliphatic heterocycles. The molecule has 2 saturated heterocycles. The van der Waals surface area contributed by atoms with E-state index in [-0.39, 0.29) is 18.0 Å². The normalized spacial score (nSPS) is 29.3. The maximum atomic E-state index is 12.5. The minimum absolute atomic E-state index is 0.158. The number of Topliss-reactive ketones (excluding diaryl/α,β-unsaturated/α-hetero) is 1. The van der Waals surface area contributed by atoms with Crippen LogP contribution in [0.1, 0.15) is 30.1 Å².